The summed E-state index contributed by atoms with van der Waals surface area (Å²) in [5.41, 5.74) is 3.06. The number of aromatic hydroxyl groups is 2. The van der Waals surface area contributed by atoms with Crippen LogP contribution >= 0.6 is 0 Å². The van der Waals surface area contributed by atoms with E-state index in [1.807, 2.05) is 0 Å². The Balaban J connectivity index is 1.74. The molecule has 3 aromatic rings. The minimum atomic E-state index is -3.97. The fraction of sp³-hybridized carbons (Fsp3) is 0.0476. The Morgan fingerprint density at radius 2 is 1.77 bits per heavy atom. The highest BCUT2D eigenvalue weighted by Gasteiger charge is 2.18. The third-order valence-electron chi connectivity index (χ3n) is 4.14. The normalized spacial score (nSPS) is 11.3. The van der Waals surface area contributed by atoms with E-state index >= 15 is 0 Å². The molecule has 160 valence electrons. The zero-order valence-electron chi connectivity index (χ0n) is 16.3. The Morgan fingerprint density at radius 3 is 2.52 bits per heavy atom. The molecule has 0 saturated heterocycles. The first-order valence-corrected chi connectivity index (χ1v) is 10.4. The van der Waals surface area contributed by atoms with Crippen molar-refractivity contribution >= 4 is 27.8 Å². The van der Waals surface area contributed by atoms with E-state index in [4.69, 9.17) is 4.74 Å². The number of hydrogen-bond donors (Lipinski definition) is 4. The van der Waals surface area contributed by atoms with Crippen LogP contribution in [0, 0.1) is 0 Å². The number of benzene rings is 3. The average Bonchev–Trinajstić information content (AvgIpc) is 2.76. The number of carbonyl (C=O) groups is 1. The number of hydrogen-bond acceptors (Lipinski definition) is 7. The van der Waals surface area contributed by atoms with Gasteiger partial charge in [0, 0.05) is 5.56 Å². The lowest BCUT2D eigenvalue weighted by molar-refractivity contribution is 0.0955. The molecule has 10 heteroatoms. The molecule has 0 heterocycles. The summed E-state index contributed by atoms with van der Waals surface area (Å²) in [6.45, 7) is 0. The zero-order valence-corrected chi connectivity index (χ0v) is 17.1. The standard InChI is InChI=1S/C21H19N3O6S/c1-30-20-8-3-2-7-17(20)24-31(28,29)16-6-4-5-15(12-16)21(27)23-22-13-14-9-10-18(25)19(26)11-14/h2-13,24-26H,1H3,(H,23,27). The molecule has 0 bridgehead atoms. The van der Waals surface area contributed by atoms with E-state index in [1.54, 1.807) is 24.3 Å². The van der Waals surface area contributed by atoms with E-state index in [9.17, 15) is 23.4 Å². The van der Waals surface area contributed by atoms with Crippen LogP contribution in [-0.2, 0) is 10.0 Å². The second-order valence-electron chi connectivity index (χ2n) is 6.28. The molecular formula is C21H19N3O6S. The number of carbonyl (C=O) groups excluding carboxylic acids is 1. The fourth-order valence-electron chi connectivity index (χ4n) is 2.59. The van der Waals surface area contributed by atoms with Crippen molar-refractivity contribution in [2.24, 2.45) is 5.10 Å². The number of anilines is 1. The van der Waals surface area contributed by atoms with Crippen molar-refractivity contribution in [1.29, 1.82) is 0 Å². The molecule has 0 unspecified atom stereocenters. The number of rotatable bonds is 7. The fourth-order valence-corrected chi connectivity index (χ4v) is 3.70. The smallest absolute Gasteiger partial charge is 0.271 e. The number of methoxy groups -OCH3 is 1. The number of nitrogens with zero attached hydrogens (tertiary/aromatic N) is 1. The molecule has 0 spiro atoms. The van der Waals surface area contributed by atoms with Gasteiger partial charge in [0.05, 0.1) is 23.9 Å². The summed E-state index contributed by atoms with van der Waals surface area (Å²) in [6.07, 6.45) is 1.26. The lowest BCUT2D eigenvalue weighted by atomic mass is 10.2. The molecule has 4 N–H and O–H groups in total. The maximum absolute atomic E-state index is 12.7. The lowest BCUT2D eigenvalue weighted by Gasteiger charge is -2.12. The molecule has 3 aromatic carbocycles. The number of nitrogens with one attached hydrogen (secondary N) is 2. The van der Waals surface area contributed by atoms with Crippen LogP contribution in [0.2, 0.25) is 0 Å². The molecule has 0 aliphatic rings. The lowest BCUT2D eigenvalue weighted by Crippen LogP contribution is -2.19. The molecule has 3 rings (SSSR count). The number of hydrazone groups is 1. The van der Waals surface area contributed by atoms with E-state index in [0.717, 1.165) is 0 Å². The number of phenolic OH excluding ortho intramolecular Hbond substituents is 2. The maximum Gasteiger partial charge on any atom is 0.271 e. The molecule has 9 nitrogen and oxygen atoms in total. The van der Waals surface area contributed by atoms with Gasteiger partial charge in [-0.25, -0.2) is 13.8 Å². The van der Waals surface area contributed by atoms with Gasteiger partial charge < -0.3 is 14.9 Å². The second kappa shape index (κ2) is 9.18. The summed E-state index contributed by atoms with van der Waals surface area (Å²) in [6, 6.07) is 16.0. The third kappa shape index (κ3) is 5.31. The minimum absolute atomic E-state index is 0.0774. The van der Waals surface area contributed by atoms with E-state index in [-0.39, 0.29) is 27.6 Å². The SMILES string of the molecule is COc1ccccc1NS(=O)(=O)c1cccc(C(=O)NN=Cc2ccc(O)c(O)c2)c1. The van der Waals surface area contributed by atoms with Gasteiger partial charge in [0.25, 0.3) is 15.9 Å². The highest BCUT2D eigenvalue weighted by molar-refractivity contribution is 7.92. The summed E-state index contributed by atoms with van der Waals surface area (Å²) < 4.78 is 33.0. The van der Waals surface area contributed by atoms with E-state index in [1.165, 1.54) is 55.8 Å². The van der Waals surface area contributed by atoms with Gasteiger partial charge in [0.15, 0.2) is 11.5 Å². The van der Waals surface area contributed by atoms with E-state index < -0.39 is 15.9 Å². The van der Waals surface area contributed by atoms with Gasteiger partial charge in [-0.2, -0.15) is 5.10 Å². The number of para-hydroxylation sites is 2. The monoisotopic (exact) mass is 441 g/mol. The summed E-state index contributed by atoms with van der Waals surface area (Å²) in [5.74, 6) is -0.875. The van der Waals surface area contributed by atoms with Crippen molar-refractivity contribution in [3.8, 4) is 17.2 Å². The number of amides is 1. The second-order valence-corrected chi connectivity index (χ2v) is 7.96. The molecule has 0 aliphatic heterocycles. The van der Waals surface area contributed by atoms with E-state index in [2.05, 4.69) is 15.2 Å². The van der Waals surface area contributed by atoms with Gasteiger partial charge in [0.2, 0.25) is 0 Å². The molecule has 0 fully saturated rings. The van der Waals surface area contributed by atoms with Crippen LogP contribution in [0.5, 0.6) is 17.2 Å². The minimum Gasteiger partial charge on any atom is -0.504 e. The number of phenols is 2. The highest BCUT2D eigenvalue weighted by Crippen LogP contribution is 2.26. The molecule has 0 atom stereocenters. The third-order valence-corrected chi connectivity index (χ3v) is 5.50. The van der Waals surface area contributed by atoms with Crippen LogP contribution in [0.25, 0.3) is 0 Å². The largest absolute Gasteiger partial charge is 0.504 e. The number of sulfonamides is 1. The molecule has 0 aliphatic carbocycles. The first kappa shape index (κ1) is 21.7. The predicted molar refractivity (Wildman–Crippen MR) is 115 cm³/mol. The van der Waals surface area contributed by atoms with Crippen LogP contribution in [0.1, 0.15) is 15.9 Å². The van der Waals surface area contributed by atoms with E-state index in [0.29, 0.717) is 11.3 Å². The van der Waals surface area contributed by atoms with Gasteiger partial charge in [0.1, 0.15) is 5.75 Å². The van der Waals surface area contributed by atoms with Crippen LogP contribution in [0.3, 0.4) is 0 Å². The van der Waals surface area contributed by atoms with Crippen molar-refractivity contribution in [2.75, 3.05) is 11.8 Å². The van der Waals surface area contributed by atoms with Crippen molar-refractivity contribution in [3.63, 3.8) is 0 Å². The van der Waals surface area contributed by atoms with Gasteiger partial charge in [-0.1, -0.05) is 18.2 Å². The van der Waals surface area contributed by atoms with Crippen molar-refractivity contribution < 1.29 is 28.2 Å². The zero-order chi connectivity index (χ0) is 22.4. The van der Waals surface area contributed by atoms with Crippen molar-refractivity contribution in [1.82, 2.24) is 5.43 Å². The summed E-state index contributed by atoms with van der Waals surface area (Å²) >= 11 is 0. The van der Waals surface area contributed by atoms with Crippen LogP contribution in [0.15, 0.2) is 76.7 Å². The molecule has 0 aromatic heterocycles. The Bertz CT molecular complexity index is 1240. The van der Waals surface area contributed by atoms with Gasteiger partial charge in [-0.05, 0) is 54.1 Å². The summed E-state index contributed by atoms with van der Waals surface area (Å²) in [5, 5.41) is 22.5. The summed E-state index contributed by atoms with van der Waals surface area (Å²) in [7, 11) is -2.55. The van der Waals surface area contributed by atoms with Crippen LogP contribution in [0.4, 0.5) is 5.69 Å². The molecule has 31 heavy (non-hydrogen) atoms. The summed E-state index contributed by atoms with van der Waals surface area (Å²) in [4.78, 5) is 12.2. The van der Waals surface area contributed by atoms with Crippen LogP contribution in [-0.4, -0.2) is 37.9 Å². The molecular weight excluding hydrogens is 422 g/mol. The molecule has 0 radical (unpaired) electrons. The van der Waals surface area contributed by atoms with Gasteiger partial charge >= 0.3 is 0 Å². The Hall–Kier alpha value is -4.05. The maximum atomic E-state index is 12.7. The predicted octanol–water partition coefficient (Wildman–Crippen LogP) is 2.67. The first-order valence-electron chi connectivity index (χ1n) is 8.91. The topological polar surface area (TPSA) is 137 Å². The Labute approximate surface area is 178 Å². The first-order chi connectivity index (χ1) is 14.8. The van der Waals surface area contributed by atoms with Crippen molar-refractivity contribution in [3.05, 3.63) is 77.9 Å². The average molecular weight is 441 g/mol. The molecule has 1 amide bonds. The quantitative estimate of drug-likeness (QED) is 0.253. The van der Waals surface area contributed by atoms with Gasteiger partial charge in [-0.3, -0.25) is 9.52 Å². The molecule has 0 saturated carbocycles. The highest BCUT2D eigenvalue weighted by atomic mass is 32.2. The Kier molecular flexibility index (Phi) is 6.41. The number of ether oxygens (including phenoxy) is 1. The van der Waals surface area contributed by atoms with Crippen molar-refractivity contribution in [2.45, 2.75) is 4.90 Å². The van der Waals surface area contributed by atoms with Crippen LogP contribution < -0.4 is 14.9 Å². The van der Waals surface area contributed by atoms with Gasteiger partial charge in [-0.15, -0.1) is 0 Å². The Morgan fingerprint density at radius 1 is 1.00 bits per heavy atom.